The van der Waals surface area contributed by atoms with Gasteiger partial charge in [0.1, 0.15) is 12.4 Å². The van der Waals surface area contributed by atoms with E-state index in [0.29, 0.717) is 28.7 Å². The van der Waals surface area contributed by atoms with Gasteiger partial charge in [-0.2, -0.15) is 20.4 Å². The van der Waals surface area contributed by atoms with Gasteiger partial charge in [0.2, 0.25) is 5.95 Å². The molecule has 0 amide bonds. The third-order valence-corrected chi connectivity index (χ3v) is 4.43. The average Bonchev–Trinajstić information content (AvgIpc) is 2.75. The van der Waals surface area contributed by atoms with Crippen LogP contribution in [0, 0.1) is 41.4 Å². The smallest absolute Gasteiger partial charge is 0.229 e. The molecule has 2 N–H and O–H groups in total. The molecular formula is C23H19N7O. The highest BCUT2D eigenvalue weighted by molar-refractivity contribution is 5.69. The molecule has 3 aromatic rings. The first-order chi connectivity index (χ1) is 15.0. The molecule has 0 aliphatic heterocycles. The van der Waals surface area contributed by atoms with Crippen molar-refractivity contribution < 1.29 is 0 Å². The largest absolute Gasteiger partial charge is 0.340 e. The van der Waals surface area contributed by atoms with Crippen molar-refractivity contribution in [2.24, 2.45) is 5.18 Å². The summed E-state index contributed by atoms with van der Waals surface area (Å²) in [5.41, 5.74) is 5.49. The second-order valence-electron chi connectivity index (χ2n) is 6.79. The molecule has 31 heavy (non-hydrogen) atoms. The molecular weight excluding hydrogens is 390 g/mol. The third kappa shape index (κ3) is 5.49. The molecule has 0 aliphatic carbocycles. The summed E-state index contributed by atoms with van der Waals surface area (Å²) in [6.45, 7) is 3.84. The number of nitrogens with zero attached hydrogens (tertiary/aromatic N) is 5. The Morgan fingerprint density at radius 2 is 1.74 bits per heavy atom. The second-order valence-corrected chi connectivity index (χ2v) is 6.79. The lowest BCUT2D eigenvalue weighted by Gasteiger charge is -2.15. The molecule has 0 radical (unpaired) electrons. The first kappa shape index (κ1) is 21.2. The van der Waals surface area contributed by atoms with Crippen molar-refractivity contribution in [3.63, 3.8) is 0 Å². The number of aromatic nitrogens is 2. The number of aryl methyl sites for hydroxylation is 2. The first-order valence-electron chi connectivity index (χ1n) is 9.41. The summed E-state index contributed by atoms with van der Waals surface area (Å²) in [5.74, 6) is 0.813. The Balaban J connectivity index is 1.92. The van der Waals surface area contributed by atoms with Gasteiger partial charge in [0, 0.05) is 23.5 Å². The lowest BCUT2D eigenvalue weighted by molar-refractivity contribution is 0.963. The quantitative estimate of drug-likeness (QED) is 0.403. The summed E-state index contributed by atoms with van der Waals surface area (Å²) in [4.78, 5) is 19.6. The first-order valence-corrected chi connectivity index (χ1v) is 9.41. The molecule has 1 heterocycles. The minimum Gasteiger partial charge on any atom is -0.340 e. The average molecular weight is 409 g/mol. The van der Waals surface area contributed by atoms with Crippen molar-refractivity contribution in [1.82, 2.24) is 9.97 Å². The number of nitrogens with one attached hydrogen (secondary N) is 2. The van der Waals surface area contributed by atoms with E-state index >= 15 is 0 Å². The van der Waals surface area contributed by atoms with Gasteiger partial charge in [-0.25, -0.2) is 4.98 Å². The van der Waals surface area contributed by atoms with E-state index in [2.05, 4.69) is 31.8 Å². The molecule has 2 aromatic carbocycles. The molecule has 0 saturated carbocycles. The normalized spacial score (nSPS) is 10.3. The zero-order valence-electron chi connectivity index (χ0n) is 17.0. The summed E-state index contributed by atoms with van der Waals surface area (Å²) in [6, 6.07) is 16.5. The minimum absolute atomic E-state index is 0.0882. The number of allylic oxidation sites excluding steroid dienone is 1. The standard InChI is InChI=1S/C23H19N7O/c1-15-10-18(4-3-9-24)11-16(2)22(15)29-21-12-20(14-26-31)28-23(30-21)27-19-7-5-17(13-25)6-8-19/h3-8,10-12H,14H2,1-2H3,(H2,27,28,29,30). The van der Waals surface area contributed by atoms with E-state index < -0.39 is 0 Å². The topological polar surface area (TPSA) is 127 Å². The number of nitroso groups, excluding NO2 is 1. The maximum atomic E-state index is 10.8. The van der Waals surface area contributed by atoms with Crippen molar-refractivity contribution >= 4 is 29.2 Å². The van der Waals surface area contributed by atoms with Gasteiger partial charge in [-0.05, 0) is 73.0 Å². The molecule has 0 bridgehead atoms. The van der Waals surface area contributed by atoms with Crippen LogP contribution in [-0.2, 0) is 6.54 Å². The zero-order chi connectivity index (χ0) is 22.2. The van der Waals surface area contributed by atoms with Crippen molar-refractivity contribution in [2.45, 2.75) is 20.4 Å². The Morgan fingerprint density at radius 3 is 2.35 bits per heavy atom. The molecule has 0 fully saturated rings. The maximum Gasteiger partial charge on any atom is 0.229 e. The summed E-state index contributed by atoms with van der Waals surface area (Å²) >= 11 is 0. The van der Waals surface area contributed by atoms with E-state index in [1.807, 2.05) is 32.0 Å². The Bertz CT molecular complexity index is 1200. The van der Waals surface area contributed by atoms with Crippen LogP contribution in [0.2, 0.25) is 0 Å². The fourth-order valence-corrected chi connectivity index (χ4v) is 3.07. The van der Waals surface area contributed by atoms with E-state index in [4.69, 9.17) is 10.5 Å². The van der Waals surface area contributed by atoms with Crippen LogP contribution in [-0.4, -0.2) is 9.97 Å². The minimum atomic E-state index is -0.0882. The van der Waals surface area contributed by atoms with Crippen LogP contribution in [0.25, 0.3) is 6.08 Å². The highest BCUT2D eigenvalue weighted by Crippen LogP contribution is 2.27. The lowest BCUT2D eigenvalue weighted by atomic mass is 10.0. The number of benzene rings is 2. The molecule has 1 aromatic heterocycles. The summed E-state index contributed by atoms with van der Waals surface area (Å²) in [6.07, 6.45) is 3.19. The van der Waals surface area contributed by atoms with Crippen LogP contribution in [0.1, 0.15) is 27.9 Å². The van der Waals surface area contributed by atoms with E-state index in [9.17, 15) is 4.91 Å². The fourth-order valence-electron chi connectivity index (χ4n) is 3.07. The van der Waals surface area contributed by atoms with E-state index in [-0.39, 0.29) is 6.54 Å². The van der Waals surface area contributed by atoms with Gasteiger partial charge in [0.15, 0.2) is 0 Å². The second kappa shape index (κ2) is 9.77. The van der Waals surface area contributed by atoms with Crippen LogP contribution in [0.4, 0.5) is 23.1 Å². The van der Waals surface area contributed by atoms with Gasteiger partial charge in [-0.15, -0.1) is 0 Å². The lowest BCUT2D eigenvalue weighted by Crippen LogP contribution is -2.05. The maximum absolute atomic E-state index is 10.8. The van der Waals surface area contributed by atoms with Crippen molar-refractivity contribution in [3.8, 4) is 12.1 Å². The number of hydrogen-bond acceptors (Lipinski definition) is 8. The highest BCUT2D eigenvalue weighted by atomic mass is 16.3. The Kier molecular flexibility index (Phi) is 6.67. The molecule has 0 unspecified atom stereocenters. The van der Waals surface area contributed by atoms with Gasteiger partial charge in [0.25, 0.3) is 0 Å². The monoisotopic (exact) mass is 409 g/mol. The van der Waals surface area contributed by atoms with E-state index in [1.165, 1.54) is 6.08 Å². The Morgan fingerprint density at radius 1 is 1.03 bits per heavy atom. The van der Waals surface area contributed by atoms with Gasteiger partial charge in [-0.1, -0.05) is 5.18 Å². The van der Waals surface area contributed by atoms with Crippen LogP contribution >= 0.6 is 0 Å². The molecule has 3 rings (SSSR count). The predicted molar refractivity (Wildman–Crippen MR) is 120 cm³/mol. The van der Waals surface area contributed by atoms with Crippen molar-refractivity contribution in [3.05, 3.63) is 81.4 Å². The van der Waals surface area contributed by atoms with E-state index in [0.717, 1.165) is 22.4 Å². The molecule has 0 atom stereocenters. The molecule has 152 valence electrons. The number of anilines is 4. The Labute approximate surface area is 179 Å². The molecule has 0 aliphatic rings. The molecule has 0 spiro atoms. The van der Waals surface area contributed by atoms with Crippen LogP contribution in [0.3, 0.4) is 0 Å². The summed E-state index contributed by atoms with van der Waals surface area (Å²) in [7, 11) is 0. The predicted octanol–water partition coefficient (Wildman–Crippen LogP) is 5.26. The summed E-state index contributed by atoms with van der Waals surface area (Å²) in [5, 5.41) is 27.0. The number of nitriles is 2. The van der Waals surface area contributed by atoms with E-state index in [1.54, 1.807) is 36.4 Å². The van der Waals surface area contributed by atoms with Crippen LogP contribution in [0.15, 0.2) is 53.7 Å². The van der Waals surface area contributed by atoms with Crippen LogP contribution in [0.5, 0.6) is 0 Å². The number of hydrogen-bond donors (Lipinski definition) is 2. The van der Waals surface area contributed by atoms with Gasteiger partial charge < -0.3 is 10.6 Å². The highest BCUT2D eigenvalue weighted by Gasteiger charge is 2.10. The van der Waals surface area contributed by atoms with Crippen molar-refractivity contribution in [2.75, 3.05) is 10.6 Å². The fraction of sp³-hybridized carbons (Fsp3) is 0.130. The van der Waals surface area contributed by atoms with Gasteiger partial charge >= 0.3 is 0 Å². The third-order valence-electron chi connectivity index (χ3n) is 4.43. The molecule has 0 saturated heterocycles. The number of rotatable bonds is 7. The Hall–Kier alpha value is -4.56. The zero-order valence-corrected chi connectivity index (χ0v) is 17.0. The van der Waals surface area contributed by atoms with Gasteiger partial charge in [-0.3, -0.25) is 0 Å². The van der Waals surface area contributed by atoms with Crippen LogP contribution < -0.4 is 10.6 Å². The summed E-state index contributed by atoms with van der Waals surface area (Å²) < 4.78 is 0. The molecule has 8 heteroatoms. The SMILES string of the molecule is Cc1cc(C=CC#N)cc(C)c1Nc1cc(CN=O)nc(Nc2ccc(C#N)cc2)n1. The van der Waals surface area contributed by atoms with Crippen molar-refractivity contribution in [1.29, 1.82) is 10.5 Å². The molecule has 8 nitrogen and oxygen atoms in total. The van der Waals surface area contributed by atoms with Gasteiger partial charge in [0.05, 0.1) is 23.4 Å².